The van der Waals surface area contributed by atoms with E-state index in [-0.39, 0.29) is 12.1 Å². The number of unbranched alkanes of at least 4 members (excludes halogenated alkanes) is 11. The lowest BCUT2D eigenvalue weighted by Gasteiger charge is -2.14. The number of carbonyl (C=O) groups excluding carboxylic acids is 1. The van der Waals surface area contributed by atoms with Crippen molar-refractivity contribution in [1.82, 2.24) is 0 Å². The third kappa shape index (κ3) is 24.2. The van der Waals surface area contributed by atoms with E-state index in [0.717, 1.165) is 12.8 Å². The number of hydrogen-bond acceptors (Lipinski definition) is 2. The summed E-state index contributed by atoms with van der Waals surface area (Å²) in [5.74, 6) is -0.147. The standard InChI is InChI=1S/C30H48O2/c1-4-6-7-8-9-10-11-12-13-14-15-16-17-18-19-20-21-22-23-24-25-26-27-28-30(5-2)32-29(3)31/h4,6-15,30H,1,5,16-28H2,2-3H3. The second-order valence-corrected chi connectivity index (χ2v) is 8.31. The molecule has 1 unspecified atom stereocenters. The molecule has 2 heteroatoms. The molecular weight excluding hydrogens is 392 g/mol. The van der Waals surface area contributed by atoms with Crippen molar-refractivity contribution in [1.29, 1.82) is 0 Å². The molecule has 1 atom stereocenters. The lowest BCUT2D eigenvalue weighted by Crippen LogP contribution is -2.14. The van der Waals surface area contributed by atoms with Gasteiger partial charge in [0.05, 0.1) is 0 Å². The van der Waals surface area contributed by atoms with E-state index in [4.69, 9.17) is 4.74 Å². The van der Waals surface area contributed by atoms with Gasteiger partial charge < -0.3 is 4.74 Å². The van der Waals surface area contributed by atoms with Crippen LogP contribution < -0.4 is 0 Å². The highest BCUT2D eigenvalue weighted by molar-refractivity contribution is 5.66. The Balaban J connectivity index is 3.38. The Bertz CT molecular complexity index is 578. The smallest absolute Gasteiger partial charge is 0.302 e. The Morgan fingerprint density at radius 3 is 1.59 bits per heavy atom. The molecule has 0 fully saturated rings. The first-order valence-corrected chi connectivity index (χ1v) is 12.8. The zero-order valence-corrected chi connectivity index (χ0v) is 20.9. The van der Waals surface area contributed by atoms with Gasteiger partial charge in [-0.25, -0.2) is 0 Å². The number of allylic oxidation sites excluding steroid dienone is 11. The van der Waals surface area contributed by atoms with Crippen molar-refractivity contribution in [3.63, 3.8) is 0 Å². The summed E-state index contributed by atoms with van der Waals surface area (Å²) < 4.78 is 5.30. The number of esters is 1. The van der Waals surface area contributed by atoms with Crippen molar-refractivity contribution < 1.29 is 9.53 Å². The fourth-order valence-corrected chi connectivity index (χ4v) is 3.51. The second-order valence-electron chi connectivity index (χ2n) is 8.31. The molecule has 0 rings (SSSR count). The Kier molecular flexibility index (Phi) is 23.5. The monoisotopic (exact) mass is 440 g/mol. The van der Waals surface area contributed by atoms with Gasteiger partial charge in [0.15, 0.2) is 0 Å². The summed E-state index contributed by atoms with van der Waals surface area (Å²) in [6, 6.07) is 0. The van der Waals surface area contributed by atoms with E-state index in [2.05, 4.69) is 37.8 Å². The molecule has 0 aliphatic rings. The summed E-state index contributed by atoms with van der Waals surface area (Å²) >= 11 is 0. The van der Waals surface area contributed by atoms with Crippen LogP contribution in [0.1, 0.15) is 104 Å². The predicted molar refractivity (Wildman–Crippen MR) is 142 cm³/mol. The highest BCUT2D eigenvalue weighted by atomic mass is 16.5. The van der Waals surface area contributed by atoms with E-state index in [0.29, 0.717) is 0 Å². The Labute approximate surface area is 198 Å². The third-order valence-corrected chi connectivity index (χ3v) is 5.35. The maximum atomic E-state index is 11.0. The van der Waals surface area contributed by atoms with Gasteiger partial charge in [-0.3, -0.25) is 4.79 Å². The van der Waals surface area contributed by atoms with E-state index in [1.165, 1.54) is 84.0 Å². The van der Waals surface area contributed by atoms with E-state index in [9.17, 15) is 4.79 Å². The molecule has 0 aromatic rings. The molecule has 180 valence electrons. The molecule has 2 nitrogen and oxygen atoms in total. The maximum Gasteiger partial charge on any atom is 0.302 e. The van der Waals surface area contributed by atoms with Crippen LogP contribution in [0.3, 0.4) is 0 Å². The molecule has 0 heterocycles. The molecule has 0 saturated heterocycles. The zero-order valence-electron chi connectivity index (χ0n) is 20.9. The first kappa shape index (κ1) is 29.9. The van der Waals surface area contributed by atoms with Gasteiger partial charge in [-0.05, 0) is 32.1 Å². The lowest BCUT2D eigenvalue weighted by atomic mass is 10.0. The van der Waals surface area contributed by atoms with Crippen LogP contribution in [-0.4, -0.2) is 12.1 Å². The number of ether oxygens (including phenoxy) is 1. The van der Waals surface area contributed by atoms with Gasteiger partial charge in [0.25, 0.3) is 0 Å². The third-order valence-electron chi connectivity index (χ3n) is 5.35. The average Bonchev–Trinajstić information content (AvgIpc) is 2.78. The topological polar surface area (TPSA) is 26.3 Å². The largest absolute Gasteiger partial charge is 0.463 e. The minimum atomic E-state index is -0.147. The van der Waals surface area contributed by atoms with Crippen LogP contribution in [0.5, 0.6) is 0 Å². The van der Waals surface area contributed by atoms with Gasteiger partial charge >= 0.3 is 5.97 Å². The highest BCUT2D eigenvalue weighted by Gasteiger charge is 2.08. The van der Waals surface area contributed by atoms with Crippen molar-refractivity contribution in [2.45, 2.75) is 110 Å². The van der Waals surface area contributed by atoms with Gasteiger partial charge in [0.2, 0.25) is 0 Å². The van der Waals surface area contributed by atoms with E-state index in [1.807, 2.05) is 36.5 Å². The van der Waals surface area contributed by atoms with Crippen LogP contribution in [0.15, 0.2) is 73.4 Å². The highest BCUT2D eigenvalue weighted by Crippen LogP contribution is 2.14. The molecule has 0 bridgehead atoms. The Hall–Kier alpha value is -2.09. The molecule has 0 aliphatic heterocycles. The van der Waals surface area contributed by atoms with Crippen LogP contribution in [0, 0.1) is 0 Å². The van der Waals surface area contributed by atoms with Crippen molar-refractivity contribution in [2.75, 3.05) is 0 Å². The second kappa shape index (κ2) is 25.2. The first-order chi connectivity index (χ1) is 15.7. The number of rotatable bonds is 21. The zero-order chi connectivity index (χ0) is 23.5. The molecule has 0 aromatic carbocycles. The molecule has 0 aliphatic carbocycles. The van der Waals surface area contributed by atoms with Crippen LogP contribution in [0.25, 0.3) is 0 Å². The van der Waals surface area contributed by atoms with Crippen molar-refractivity contribution in [3.8, 4) is 0 Å². The van der Waals surface area contributed by atoms with E-state index >= 15 is 0 Å². The summed E-state index contributed by atoms with van der Waals surface area (Å²) in [4.78, 5) is 11.0. The molecule has 0 radical (unpaired) electrons. The summed E-state index contributed by atoms with van der Waals surface area (Å²) in [5.41, 5.74) is 0. The lowest BCUT2D eigenvalue weighted by molar-refractivity contribution is -0.146. The van der Waals surface area contributed by atoms with Crippen LogP contribution in [-0.2, 0) is 9.53 Å². The van der Waals surface area contributed by atoms with Gasteiger partial charge in [-0.1, -0.05) is 138 Å². The van der Waals surface area contributed by atoms with E-state index < -0.39 is 0 Å². The summed E-state index contributed by atoms with van der Waals surface area (Å²) in [6.07, 6.45) is 40.1. The minimum absolute atomic E-state index is 0.125. The fourth-order valence-electron chi connectivity index (χ4n) is 3.51. The first-order valence-electron chi connectivity index (χ1n) is 12.8. The Morgan fingerprint density at radius 2 is 1.12 bits per heavy atom. The van der Waals surface area contributed by atoms with Crippen LogP contribution in [0.4, 0.5) is 0 Å². The van der Waals surface area contributed by atoms with Gasteiger partial charge in [-0.2, -0.15) is 0 Å². The van der Waals surface area contributed by atoms with Crippen molar-refractivity contribution in [2.24, 2.45) is 0 Å². The SMILES string of the molecule is C=CC=CC=CC=CC=CC=CCCCCCCCCCCCCCC(CC)OC(C)=O. The Morgan fingerprint density at radius 1 is 0.688 bits per heavy atom. The molecule has 0 N–H and O–H groups in total. The molecule has 0 aromatic heterocycles. The molecule has 0 saturated carbocycles. The molecular formula is C30H48O2. The maximum absolute atomic E-state index is 11.0. The number of carbonyl (C=O) groups is 1. The average molecular weight is 441 g/mol. The fraction of sp³-hybridized carbons (Fsp3) is 0.567. The molecule has 0 amide bonds. The summed E-state index contributed by atoms with van der Waals surface area (Å²) in [6.45, 7) is 7.22. The van der Waals surface area contributed by atoms with Crippen LogP contribution >= 0.6 is 0 Å². The predicted octanol–water partition coefficient (Wildman–Crippen LogP) is 9.37. The quantitative estimate of drug-likeness (QED) is 0.101. The van der Waals surface area contributed by atoms with Crippen molar-refractivity contribution >= 4 is 5.97 Å². The van der Waals surface area contributed by atoms with Gasteiger partial charge in [0, 0.05) is 6.92 Å². The summed E-state index contributed by atoms with van der Waals surface area (Å²) in [5, 5.41) is 0. The summed E-state index contributed by atoms with van der Waals surface area (Å²) in [7, 11) is 0. The number of hydrogen-bond donors (Lipinski definition) is 0. The normalized spacial score (nSPS) is 13.3. The van der Waals surface area contributed by atoms with Gasteiger partial charge in [0.1, 0.15) is 6.10 Å². The van der Waals surface area contributed by atoms with Gasteiger partial charge in [-0.15, -0.1) is 0 Å². The van der Waals surface area contributed by atoms with Crippen LogP contribution in [0.2, 0.25) is 0 Å². The molecule has 32 heavy (non-hydrogen) atoms. The molecule has 0 spiro atoms. The minimum Gasteiger partial charge on any atom is -0.463 e. The van der Waals surface area contributed by atoms with Crippen molar-refractivity contribution in [3.05, 3.63) is 73.4 Å². The van der Waals surface area contributed by atoms with E-state index in [1.54, 1.807) is 6.08 Å².